The van der Waals surface area contributed by atoms with Crippen LogP contribution in [0.15, 0.2) is 48.5 Å². The normalized spacial score (nSPS) is 20.7. The highest BCUT2D eigenvalue weighted by atomic mass is 19.1. The van der Waals surface area contributed by atoms with E-state index in [0.29, 0.717) is 42.8 Å². The Morgan fingerprint density at radius 2 is 1.51 bits per heavy atom. The van der Waals surface area contributed by atoms with E-state index in [9.17, 15) is 18.8 Å². The van der Waals surface area contributed by atoms with Crippen molar-refractivity contribution in [3.63, 3.8) is 0 Å². The fourth-order valence-corrected chi connectivity index (χ4v) is 4.97. The van der Waals surface area contributed by atoms with Gasteiger partial charge in [0.25, 0.3) is 11.8 Å². The van der Waals surface area contributed by atoms with Gasteiger partial charge in [0.1, 0.15) is 11.6 Å². The molecule has 1 saturated heterocycles. The van der Waals surface area contributed by atoms with E-state index in [2.05, 4.69) is 10.6 Å². The SMILES string of the molecule is COc1ccccc1C(=O)N1CCC(C(=O)N[C@@H]2CCCC[C@H]2NC(=O)c2ccc(F)cc2)CC1. The van der Waals surface area contributed by atoms with Gasteiger partial charge in [-0.2, -0.15) is 0 Å². The van der Waals surface area contributed by atoms with Crippen LogP contribution in [0.1, 0.15) is 59.2 Å². The number of carbonyl (C=O) groups is 3. The third-order valence-corrected chi connectivity index (χ3v) is 7.01. The van der Waals surface area contributed by atoms with Gasteiger partial charge in [0.15, 0.2) is 0 Å². The standard InChI is InChI=1S/C27H32FN3O4/c1-35-24-9-5-2-6-21(24)27(34)31-16-14-19(15-17-31)26(33)30-23-8-4-3-7-22(23)29-25(32)18-10-12-20(28)13-11-18/h2,5-6,9-13,19,22-23H,3-4,7-8,14-17H2,1H3,(H,29,32)(H,30,33)/t22-,23-/m1/s1. The molecule has 186 valence electrons. The van der Waals surface area contributed by atoms with Crippen LogP contribution in [-0.2, 0) is 4.79 Å². The Kier molecular flexibility index (Phi) is 8.00. The van der Waals surface area contributed by atoms with E-state index < -0.39 is 0 Å². The Labute approximate surface area is 205 Å². The van der Waals surface area contributed by atoms with Crippen molar-refractivity contribution in [1.29, 1.82) is 0 Å². The summed E-state index contributed by atoms with van der Waals surface area (Å²) in [6, 6.07) is 12.3. The van der Waals surface area contributed by atoms with Crippen molar-refractivity contribution in [2.45, 2.75) is 50.6 Å². The van der Waals surface area contributed by atoms with E-state index in [-0.39, 0.29) is 41.5 Å². The largest absolute Gasteiger partial charge is 0.496 e. The average Bonchev–Trinajstić information content (AvgIpc) is 2.89. The first-order valence-electron chi connectivity index (χ1n) is 12.3. The van der Waals surface area contributed by atoms with E-state index in [1.165, 1.54) is 24.3 Å². The van der Waals surface area contributed by atoms with Crippen LogP contribution in [0.25, 0.3) is 0 Å². The number of hydrogen-bond acceptors (Lipinski definition) is 4. The van der Waals surface area contributed by atoms with Crippen LogP contribution >= 0.6 is 0 Å². The van der Waals surface area contributed by atoms with Crippen molar-refractivity contribution < 1.29 is 23.5 Å². The third-order valence-electron chi connectivity index (χ3n) is 7.01. The summed E-state index contributed by atoms with van der Waals surface area (Å²) in [7, 11) is 1.54. The lowest BCUT2D eigenvalue weighted by atomic mass is 9.88. The topological polar surface area (TPSA) is 87.7 Å². The number of ether oxygens (including phenoxy) is 1. The zero-order chi connectivity index (χ0) is 24.8. The highest BCUT2D eigenvalue weighted by Gasteiger charge is 2.33. The fourth-order valence-electron chi connectivity index (χ4n) is 4.97. The number of amides is 3. The first-order valence-corrected chi connectivity index (χ1v) is 12.3. The molecule has 0 radical (unpaired) electrons. The van der Waals surface area contributed by atoms with Gasteiger partial charge in [0.2, 0.25) is 5.91 Å². The molecule has 35 heavy (non-hydrogen) atoms. The molecule has 2 atom stereocenters. The zero-order valence-electron chi connectivity index (χ0n) is 20.0. The van der Waals surface area contributed by atoms with Crippen molar-refractivity contribution in [3.05, 3.63) is 65.5 Å². The van der Waals surface area contributed by atoms with E-state index in [0.717, 1.165) is 25.7 Å². The van der Waals surface area contributed by atoms with Gasteiger partial charge in [-0.05, 0) is 62.1 Å². The predicted octanol–water partition coefficient (Wildman–Crippen LogP) is 3.54. The minimum absolute atomic E-state index is 0.0256. The van der Waals surface area contributed by atoms with Crippen molar-refractivity contribution in [3.8, 4) is 5.75 Å². The van der Waals surface area contributed by atoms with E-state index in [4.69, 9.17) is 4.74 Å². The van der Waals surface area contributed by atoms with Crippen LogP contribution in [0.2, 0.25) is 0 Å². The Hall–Kier alpha value is -3.42. The first kappa shape index (κ1) is 24.7. The van der Waals surface area contributed by atoms with Gasteiger partial charge in [-0.25, -0.2) is 4.39 Å². The number of nitrogens with zero attached hydrogens (tertiary/aromatic N) is 1. The number of halogens is 1. The molecule has 2 aliphatic rings. The zero-order valence-corrected chi connectivity index (χ0v) is 20.0. The summed E-state index contributed by atoms with van der Waals surface area (Å²) in [5, 5.41) is 6.18. The molecule has 2 N–H and O–H groups in total. The second-order valence-corrected chi connectivity index (χ2v) is 9.25. The van der Waals surface area contributed by atoms with Crippen LogP contribution in [0.4, 0.5) is 4.39 Å². The van der Waals surface area contributed by atoms with Crippen molar-refractivity contribution in [2.75, 3.05) is 20.2 Å². The molecule has 3 amide bonds. The number of hydrogen-bond donors (Lipinski definition) is 2. The number of para-hydroxylation sites is 1. The monoisotopic (exact) mass is 481 g/mol. The van der Waals surface area contributed by atoms with Crippen molar-refractivity contribution in [2.24, 2.45) is 5.92 Å². The minimum Gasteiger partial charge on any atom is -0.496 e. The van der Waals surface area contributed by atoms with Gasteiger partial charge >= 0.3 is 0 Å². The maximum atomic E-state index is 13.2. The lowest BCUT2D eigenvalue weighted by Gasteiger charge is -2.36. The third kappa shape index (κ3) is 5.99. The smallest absolute Gasteiger partial charge is 0.257 e. The van der Waals surface area contributed by atoms with Crippen LogP contribution in [0.3, 0.4) is 0 Å². The molecule has 0 bridgehead atoms. The molecule has 1 heterocycles. The van der Waals surface area contributed by atoms with Crippen LogP contribution in [-0.4, -0.2) is 54.9 Å². The minimum atomic E-state index is -0.389. The maximum absolute atomic E-state index is 13.2. The summed E-state index contributed by atoms with van der Waals surface area (Å²) in [5.41, 5.74) is 0.925. The lowest BCUT2D eigenvalue weighted by molar-refractivity contribution is -0.127. The van der Waals surface area contributed by atoms with E-state index >= 15 is 0 Å². The van der Waals surface area contributed by atoms with Gasteiger partial charge in [-0.3, -0.25) is 14.4 Å². The molecular weight excluding hydrogens is 449 g/mol. The molecule has 4 rings (SSSR count). The predicted molar refractivity (Wildman–Crippen MR) is 130 cm³/mol. The molecule has 0 unspecified atom stereocenters. The summed E-state index contributed by atoms with van der Waals surface area (Å²) < 4.78 is 18.5. The molecule has 1 saturated carbocycles. The van der Waals surface area contributed by atoms with Crippen LogP contribution in [0, 0.1) is 11.7 Å². The quantitative estimate of drug-likeness (QED) is 0.661. The van der Waals surface area contributed by atoms with E-state index in [1.807, 2.05) is 12.1 Å². The number of benzene rings is 2. The molecule has 1 aliphatic heterocycles. The summed E-state index contributed by atoms with van der Waals surface area (Å²) in [4.78, 5) is 40.4. The summed E-state index contributed by atoms with van der Waals surface area (Å²) >= 11 is 0. The highest BCUT2D eigenvalue weighted by Crippen LogP contribution is 2.25. The van der Waals surface area contributed by atoms with E-state index in [1.54, 1.807) is 24.1 Å². The number of nitrogens with one attached hydrogen (secondary N) is 2. The first-order chi connectivity index (χ1) is 17.0. The average molecular weight is 482 g/mol. The molecule has 7 nitrogen and oxygen atoms in total. The van der Waals surface area contributed by atoms with Crippen LogP contribution < -0.4 is 15.4 Å². The lowest BCUT2D eigenvalue weighted by Crippen LogP contribution is -2.55. The Morgan fingerprint density at radius 1 is 0.886 bits per heavy atom. The molecule has 0 aromatic heterocycles. The highest BCUT2D eigenvalue weighted by molar-refractivity contribution is 5.97. The second kappa shape index (κ2) is 11.3. The molecule has 2 aromatic carbocycles. The number of piperidine rings is 1. The van der Waals surface area contributed by atoms with Gasteiger partial charge < -0.3 is 20.3 Å². The van der Waals surface area contributed by atoms with Crippen molar-refractivity contribution in [1.82, 2.24) is 15.5 Å². The van der Waals surface area contributed by atoms with Crippen molar-refractivity contribution >= 4 is 17.7 Å². The number of methoxy groups -OCH3 is 1. The van der Waals surface area contributed by atoms with Gasteiger partial charge in [-0.1, -0.05) is 25.0 Å². The number of carbonyl (C=O) groups excluding carboxylic acids is 3. The number of rotatable bonds is 6. The molecule has 2 aromatic rings. The van der Waals surface area contributed by atoms with Gasteiger partial charge in [0, 0.05) is 36.7 Å². The molecule has 0 spiro atoms. The Balaban J connectivity index is 1.31. The summed E-state index contributed by atoms with van der Waals surface area (Å²) in [6.07, 6.45) is 4.72. The fraction of sp³-hybridized carbons (Fsp3) is 0.444. The summed E-state index contributed by atoms with van der Waals surface area (Å²) in [5.74, 6) is -0.394. The van der Waals surface area contributed by atoms with Gasteiger partial charge in [-0.15, -0.1) is 0 Å². The second-order valence-electron chi connectivity index (χ2n) is 9.25. The number of likely N-dealkylation sites (tertiary alicyclic amines) is 1. The summed E-state index contributed by atoms with van der Waals surface area (Å²) in [6.45, 7) is 1.01. The molecular formula is C27H32FN3O4. The van der Waals surface area contributed by atoms with Crippen LogP contribution in [0.5, 0.6) is 5.75 Å². The Bertz CT molecular complexity index is 1050. The Morgan fingerprint density at radius 3 is 2.17 bits per heavy atom. The van der Waals surface area contributed by atoms with Gasteiger partial charge in [0.05, 0.1) is 12.7 Å². The molecule has 2 fully saturated rings. The molecule has 1 aliphatic carbocycles. The maximum Gasteiger partial charge on any atom is 0.257 e. The molecule has 8 heteroatoms.